The van der Waals surface area contributed by atoms with Crippen LogP contribution in [0, 0.1) is 22.7 Å². The second-order valence-electron chi connectivity index (χ2n) is 8.00. The van der Waals surface area contributed by atoms with E-state index in [9.17, 15) is 14.4 Å². The zero-order valence-electron chi connectivity index (χ0n) is 14.5. The van der Waals surface area contributed by atoms with E-state index in [1.807, 2.05) is 6.92 Å². The van der Waals surface area contributed by atoms with E-state index in [1.165, 1.54) is 0 Å². The number of hydrogen-bond acceptors (Lipinski definition) is 6. The van der Waals surface area contributed by atoms with Crippen molar-refractivity contribution in [1.29, 1.82) is 0 Å². The van der Waals surface area contributed by atoms with Crippen molar-refractivity contribution in [2.75, 3.05) is 6.61 Å². The summed E-state index contributed by atoms with van der Waals surface area (Å²) in [5.41, 5.74) is -0.226. The maximum atomic E-state index is 13.2. The largest absolute Gasteiger partial charge is 0.472 e. The lowest BCUT2D eigenvalue weighted by atomic mass is 9.47. The number of esters is 2. The Morgan fingerprint density at radius 3 is 2.81 bits per heavy atom. The Morgan fingerprint density at radius 2 is 2.04 bits per heavy atom. The van der Waals surface area contributed by atoms with Gasteiger partial charge in [0.2, 0.25) is 0 Å². The Morgan fingerprint density at radius 1 is 1.19 bits per heavy atom. The minimum Gasteiger partial charge on any atom is -0.472 e. The second kappa shape index (κ2) is 5.09. The Kier molecular flexibility index (Phi) is 3.10. The Balaban J connectivity index is 1.65. The summed E-state index contributed by atoms with van der Waals surface area (Å²) in [5.74, 6) is -1.38. The highest BCUT2D eigenvalue weighted by Gasteiger charge is 2.71. The lowest BCUT2D eigenvalue weighted by Gasteiger charge is -2.51. The summed E-state index contributed by atoms with van der Waals surface area (Å²) < 4.78 is 16.2. The third-order valence-electron chi connectivity index (χ3n) is 7.11. The summed E-state index contributed by atoms with van der Waals surface area (Å²) >= 11 is 0. The summed E-state index contributed by atoms with van der Waals surface area (Å²) in [7, 11) is 0. The third kappa shape index (κ3) is 1.70. The highest BCUT2D eigenvalue weighted by molar-refractivity contribution is 6.04. The molecule has 2 spiro atoms. The molecule has 0 amide bonds. The van der Waals surface area contributed by atoms with Crippen molar-refractivity contribution in [2.45, 2.75) is 38.7 Å². The topological polar surface area (TPSA) is 82.8 Å². The van der Waals surface area contributed by atoms with Gasteiger partial charge in [0.1, 0.15) is 12.7 Å². The van der Waals surface area contributed by atoms with Crippen molar-refractivity contribution >= 4 is 17.7 Å². The molecule has 4 aliphatic rings. The molecule has 0 unspecified atom stereocenters. The fourth-order valence-corrected chi connectivity index (χ4v) is 5.84. The number of fused-ring (bicyclic) bond motifs is 1. The average Bonchev–Trinajstić information content (AvgIpc) is 3.33. The molecule has 1 aromatic heterocycles. The fourth-order valence-electron chi connectivity index (χ4n) is 5.84. The molecule has 1 saturated carbocycles. The first-order valence-electron chi connectivity index (χ1n) is 9.13. The predicted molar refractivity (Wildman–Crippen MR) is 87.6 cm³/mol. The van der Waals surface area contributed by atoms with Gasteiger partial charge in [0.15, 0.2) is 5.78 Å². The SMILES string of the molecule is CC1=CC(=O)[C@@]23COC(=O)[C@@H]2CCC[C@@H]3[C@@]12C[C@@H](c1ccoc1)OC2=O. The summed E-state index contributed by atoms with van der Waals surface area (Å²) in [4.78, 5) is 38.5. The number of allylic oxidation sites excluding steroid dienone is 1. The van der Waals surface area contributed by atoms with E-state index in [-0.39, 0.29) is 30.2 Å². The molecule has 0 radical (unpaired) electrons. The summed E-state index contributed by atoms with van der Waals surface area (Å²) in [6.07, 6.45) is 6.95. The van der Waals surface area contributed by atoms with Crippen molar-refractivity contribution in [1.82, 2.24) is 0 Å². The normalized spacial score (nSPS) is 41.5. The van der Waals surface area contributed by atoms with Crippen LogP contribution in [0.25, 0.3) is 0 Å². The van der Waals surface area contributed by atoms with Crippen LogP contribution in [0.5, 0.6) is 0 Å². The van der Waals surface area contributed by atoms with Gasteiger partial charge in [-0.3, -0.25) is 14.4 Å². The van der Waals surface area contributed by atoms with E-state index in [2.05, 4.69) is 0 Å². The van der Waals surface area contributed by atoms with Crippen molar-refractivity contribution < 1.29 is 28.3 Å². The molecule has 0 bridgehead atoms. The van der Waals surface area contributed by atoms with E-state index in [1.54, 1.807) is 24.7 Å². The van der Waals surface area contributed by atoms with E-state index < -0.39 is 22.9 Å². The minimum absolute atomic E-state index is 0.0688. The van der Waals surface area contributed by atoms with Gasteiger partial charge in [-0.25, -0.2) is 0 Å². The maximum Gasteiger partial charge on any atom is 0.317 e. The number of carbonyl (C=O) groups is 3. The van der Waals surface area contributed by atoms with Crippen molar-refractivity contribution in [3.63, 3.8) is 0 Å². The molecule has 2 aliphatic heterocycles. The highest BCUT2D eigenvalue weighted by Crippen LogP contribution is 2.65. The fraction of sp³-hybridized carbons (Fsp3) is 0.550. The summed E-state index contributed by atoms with van der Waals surface area (Å²) in [6, 6.07) is 1.80. The van der Waals surface area contributed by atoms with Gasteiger partial charge in [0.25, 0.3) is 0 Å². The molecular weight excluding hydrogens is 336 g/mol. The van der Waals surface area contributed by atoms with Gasteiger partial charge in [-0.1, -0.05) is 12.0 Å². The molecule has 136 valence electrons. The molecule has 3 fully saturated rings. The minimum atomic E-state index is -0.918. The highest BCUT2D eigenvalue weighted by atomic mass is 16.6. The van der Waals surface area contributed by atoms with Gasteiger partial charge in [-0.15, -0.1) is 0 Å². The molecule has 5 atom stereocenters. The number of ketones is 1. The van der Waals surface area contributed by atoms with Gasteiger partial charge in [0.05, 0.1) is 29.3 Å². The van der Waals surface area contributed by atoms with E-state index in [4.69, 9.17) is 13.9 Å². The molecule has 26 heavy (non-hydrogen) atoms. The van der Waals surface area contributed by atoms with Crippen LogP contribution in [0.2, 0.25) is 0 Å². The average molecular weight is 356 g/mol. The smallest absolute Gasteiger partial charge is 0.317 e. The lowest BCUT2D eigenvalue weighted by molar-refractivity contribution is -0.158. The van der Waals surface area contributed by atoms with Gasteiger partial charge in [-0.05, 0) is 37.8 Å². The van der Waals surface area contributed by atoms with Crippen LogP contribution >= 0.6 is 0 Å². The first-order chi connectivity index (χ1) is 12.5. The molecule has 0 aromatic carbocycles. The van der Waals surface area contributed by atoms with Gasteiger partial charge in [-0.2, -0.15) is 0 Å². The number of ether oxygens (including phenoxy) is 2. The van der Waals surface area contributed by atoms with Crippen LogP contribution in [-0.4, -0.2) is 24.3 Å². The molecule has 3 heterocycles. The van der Waals surface area contributed by atoms with Gasteiger partial charge in [0, 0.05) is 12.0 Å². The van der Waals surface area contributed by atoms with Crippen molar-refractivity contribution in [3.8, 4) is 0 Å². The van der Waals surface area contributed by atoms with Crippen LogP contribution in [0.4, 0.5) is 0 Å². The Bertz CT molecular complexity index is 836. The first kappa shape index (κ1) is 15.9. The van der Waals surface area contributed by atoms with Crippen LogP contribution in [0.1, 0.15) is 44.3 Å². The number of cyclic esters (lactones) is 2. The van der Waals surface area contributed by atoms with E-state index in [0.29, 0.717) is 12.8 Å². The molecule has 0 N–H and O–H groups in total. The summed E-state index contributed by atoms with van der Waals surface area (Å²) in [6.45, 7) is 1.92. The van der Waals surface area contributed by atoms with Gasteiger partial charge >= 0.3 is 11.9 Å². The van der Waals surface area contributed by atoms with E-state index in [0.717, 1.165) is 24.0 Å². The molecule has 6 heteroatoms. The van der Waals surface area contributed by atoms with Crippen LogP contribution < -0.4 is 0 Å². The van der Waals surface area contributed by atoms with Crippen LogP contribution in [0.3, 0.4) is 0 Å². The standard InChI is InChI=1S/C20H20O6/c1-11-7-16(21)20-10-25-17(22)13(20)3-2-4-15(20)19(11)8-14(26-18(19)23)12-5-6-24-9-12/h5-7,9,13-15H,2-4,8,10H2,1H3/t13-,14-,15+,19+,20-/m0/s1. The second-order valence-corrected chi connectivity index (χ2v) is 8.00. The van der Waals surface area contributed by atoms with Crippen LogP contribution in [-0.2, 0) is 23.9 Å². The van der Waals surface area contributed by atoms with E-state index >= 15 is 0 Å². The Labute approximate surface area is 150 Å². The number of carbonyl (C=O) groups excluding carboxylic acids is 3. The molecule has 5 rings (SSSR count). The van der Waals surface area contributed by atoms with Crippen LogP contribution in [0.15, 0.2) is 34.7 Å². The molecule has 2 aliphatic carbocycles. The number of rotatable bonds is 1. The third-order valence-corrected chi connectivity index (χ3v) is 7.11. The molecule has 6 nitrogen and oxygen atoms in total. The van der Waals surface area contributed by atoms with Crippen molar-refractivity contribution in [3.05, 3.63) is 35.8 Å². The zero-order chi connectivity index (χ0) is 18.1. The lowest BCUT2D eigenvalue weighted by Crippen LogP contribution is -2.58. The first-order valence-corrected chi connectivity index (χ1v) is 9.13. The Hall–Kier alpha value is -2.37. The van der Waals surface area contributed by atoms with Gasteiger partial charge < -0.3 is 13.9 Å². The predicted octanol–water partition coefficient (Wildman–Crippen LogP) is 2.74. The summed E-state index contributed by atoms with van der Waals surface area (Å²) in [5, 5.41) is 0. The maximum absolute atomic E-state index is 13.2. The molecule has 1 aromatic rings. The van der Waals surface area contributed by atoms with Crippen molar-refractivity contribution in [2.24, 2.45) is 22.7 Å². The number of furan rings is 1. The molecule has 2 saturated heterocycles. The number of hydrogen-bond donors (Lipinski definition) is 0. The monoisotopic (exact) mass is 356 g/mol. The molecular formula is C20H20O6. The zero-order valence-corrected chi connectivity index (χ0v) is 14.5. The quantitative estimate of drug-likeness (QED) is 0.720.